The van der Waals surface area contributed by atoms with E-state index in [1.165, 1.54) is 24.4 Å². The molecule has 0 fully saturated rings. The lowest BCUT2D eigenvalue weighted by Gasteiger charge is -2.22. The molecule has 0 spiro atoms. The summed E-state index contributed by atoms with van der Waals surface area (Å²) in [5.74, 6) is -0.514. The Hall–Kier alpha value is -1.83. The Labute approximate surface area is 144 Å². The van der Waals surface area contributed by atoms with Crippen LogP contribution < -0.4 is 9.62 Å². The first-order valence-electron chi connectivity index (χ1n) is 6.39. The average molecular weight is 374 g/mol. The highest BCUT2D eigenvalue weighted by Crippen LogP contribution is 2.27. The van der Waals surface area contributed by atoms with Crippen LogP contribution in [0.4, 0.5) is 11.4 Å². The van der Waals surface area contributed by atoms with E-state index in [0.717, 1.165) is 10.6 Å². The van der Waals surface area contributed by atoms with Crippen molar-refractivity contribution in [3.8, 4) is 0 Å². The van der Waals surface area contributed by atoms with Crippen molar-refractivity contribution in [3.05, 3.63) is 52.8 Å². The summed E-state index contributed by atoms with van der Waals surface area (Å²) in [5.41, 5.74) is 0.682. The number of rotatable bonds is 5. The van der Waals surface area contributed by atoms with Crippen LogP contribution >= 0.6 is 23.2 Å². The minimum absolute atomic E-state index is 0.214. The fourth-order valence-corrected chi connectivity index (χ4v) is 3.21. The van der Waals surface area contributed by atoms with Gasteiger partial charge in [0.15, 0.2) is 0 Å². The molecule has 0 unspecified atom stereocenters. The number of carbonyl (C=O) groups is 1. The zero-order valence-corrected chi connectivity index (χ0v) is 14.4. The second-order valence-corrected chi connectivity index (χ2v) is 7.47. The van der Waals surface area contributed by atoms with Crippen molar-refractivity contribution in [2.45, 2.75) is 0 Å². The van der Waals surface area contributed by atoms with E-state index in [1.807, 2.05) is 0 Å². The van der Waals surface area contributed by atoms with Crippen molar-refractivity contribution in [3.63, 3.8) is 0 Å². The lowest BCUT2D eigenvalue weighted by molar-refractivity contribution is -0.114. The molecule has 0 saturated heterocycles. The molecule has 1 N–H and O–H groups in total. The topological polar surface area (TPSA) is 79.4 Å². The van der Waals surface area contributed by atoms with Gasteiger partial charge in [-0.25, -0.2) is 8.42 Å². The molecule has 122 valence electrons. The maximum atomic E-state index is 12.1. The lowest BCUT2D eigenvalue weighted by Crippen LogP contribution is -2.37. The van der Waals surface area contributed by atoms with Crippen molar-refractivity contribution in [1.29, 1.82) is 0 Å². The van der Waals surface area contributed by atoms with Crippen LogP contribution in [0, 0.1) is 0 Å². The van der Waals surface area contributed by atoms with E-state index in [9.17, 15) is 13.2 Å². The first-order chi connectivity index (χ1) is 10.8. The molecular weight excluding hydrogens is 361 g/mol. The van der Waals surface area contributed by atoms with Crippen LogP contribution in [0.25, 0.3) is 0 Å². The normalized spacial score (nSPS) is 11.1. The van der Waals surface area contributed by atoms with Gasteiger partial charge in [-0.05, 0) is 30.3 Å². The van der Waals surface area contributed by atoms with Gasteiger partial charge in [0.25, 0.3) is 0 Å². The van der Waals surface area contributed by atoms with E-state index in [1.54, 1.807) is 18.3 Å². The van der Waals surface area contributed by atoms with Crippen LogP contribution in [-0.2, 0) is 14.8 Å². The van der Waals surface area contributed by atoms with Crippen molar-refractivity contribution >= 4 is 50.5 Å². The molecule has 1 heterocycles. The molecule has 1 aromatic carbocycles. The lowest BCUT2D eigenvalue weighted by atomic mass is 10.3. The van der Waals surface area contributed by atoms with Crippen LogP contribution in [0.15, 0.2) is 42.7 Å². The number of halogens is 2. The number of hydrogen-bond donors (Lipinski definition) is 1. The Morgan fingerprint density at radius 1 is 1.26 bits per heavy atom. The monoisotopic (exact) mass is 373 g/mol. The van der Waals surface area contributed by atoms with Gasteiger partial charge in [0.05, 0.1) is 23.8 Å². The summed E-state index contributed by atoms with van der Waals surface area (Å²) >= 11 is 11.8. The van der Waals surface area contributed by atoms with Gasteiger partial charge in [0, 0.05) is 16.2 Å². The number of hydrogen-bond acceptors (Lipinski definition) is 4. The summed E-state index contributed by atoms with van der Waals surface area (Å²) in [6.45, 7) is -0.412. The van der Waals surface area contributed by atoms with Crippen molar-refractivity contribution in [1.82, 2.24) is 4.98 Å². The van der Waals surface area contributed by atoms with Crippen LogP contribution in [-0.4, -0.2) is 32.1 Å². The number of pyridine rings is 1. The molecule has 0 bridgehead atoms. The van der Waals surface area contributed by atoms with Gasteiger partial charge >= 0.3 is 0 Å². The largest absolute Gasteiger partial charge is 0.323 e. The Morgan fingerprint density at radius 3 is 2.43 bits per heavy atom. The molecule has 1 amide bonds. The number of anilines is 2. The van der Waals surface area contributed by atoms with Crippen LogP contribution in [0.5, 0.6) is 0 Å². The van der Waals surface area contributed by atoms with E-state index in [-0.39, 0.29) is 15.7 Å². The van der Waals surface area contributed by atoms with Gasteiger partial charge in [-0.3, -0.25) is 14.1 Å². The van der Waals surface area contributed by atoms with Crippen LogP contribution in [0.3, 0.4) is 0 Å². The first-order valence-corrected chi connectivity index (χ1v) is 9.00. The first kappa shape index (κ1) is 17.5. The highest BCUT2D eigenvalue weighted by molar-refractivity contribution is 7.92. The zero-order valence-electron chi connectivity index (χ0n) is 12.0. The second kappa shape index (κ2) is 7.16. The van der Waals surface area contributed by atoms with Crippen molar-refractivity contribution in [2.24, 2.45) is 0 Å². The third-order valence-corrected chi connectivity index (χ3v) is 4.35. The third-order valence-electron chi connectivity index (χ3n) is 2.77. The van der Waals surface area contributed by atoms with E-state index >= 15 is 0 Å². The summed E-state index contributed by atoms with van der Waals surface area (Å²) in [4.78, 5) is 16.0. The molecule has 2 rings (SSSR count). The molecule has 0 aliphatic heterocycles. The van der Waals surface area contributed by atoms with Crippen molar-refractivity contribution < 1.29 is 13.2 Å². The molecule has 1 aromatic heterocycles. The smallest absolute Gasteiger partial charge is 0.245 e. The van der Waals surface area contributed by atoms with Crippen LogP contribution in [0.1, 0.15) is 0 Å². The molecule has 0 aliphatic rings. The summed E-state index contributed by atoms with van der Waals surface area (Å²) < 4.78 is 24.9. The Balaban J connectivity index is 2.25. The second-order valence-electron chi connectivity index (χ2n) is 4.69. The highest BCUT2D eigenvalue weighted by atomic mass is 35.5. The average Bonchev–Trinajstić information content (AvgIpc) is 2.43. The quantitative estimate of drug-likeness (QED) is 0.873. The zero-order chi connectivity index (χ0) is 17.0. The minimum Gasteiger partial charge on any atom is -0.323 e. The van der Waals surface area contributed by atoms with E-state index in [4.69, 9.17) is 23.2 Å². The number of nitrogens with one attached hydrogen (secondary N) is 1. The van der Waals surface area contributed by atoms with Gasteiger partial charge in [-0.2, -0.15) is 0 Å². The molecule has 0 saturated carbocycles. The molecule has 6 nitrogen and oxygen atoms in total. The molecule has 9 heteroatoms. The molecule has 0 radical (unpaired) electrons. The number of nitrogens with zero attached hydrogens (tertiary/aromatic N) is 2. The summed E-state index contributed by atoms with van der Waals surface area (Å²) in [6, 6.07) is 7.62. The molecule has 0 atom stereocenters. The number of amides is 1. The maximum Gasteiger partial charge on any atom is 0.245 e. The minimum atomic E-state index is -3.70. The SMILES string of the molecule is CS(=O)(=O)N(CC(=O)Nc1cccnc1)c1cc(Cl)cc(Cl)c1. The fraction of sp³-hybridized carbons (Fsp3) is 0.143. The van der Waals surface area contributed by atoms with Gasteiger partial charge in [0.1, 0.15) is 6.54 Å². The van der Waals surface area contributed by atoms with Gasteiger partial charge in [-0.1, -0.05) is 23.2 Å². The van der Waals surface area contributed by atoms with Crippen molar-refractivity contribution in [2.75, 3.05) is 22.4 Å². The number of benzene rings is 1. The summed E-state index contributed by atoms with van der Waals surface area (Å²) in [7, 11) is -3.70. The third kappa shape index (κ3) is 5.09. The summed E-state index contributed by atoms with van der Waals surface area (Å²) in [5, 5.41) is 3.11. The maximum absolute atomic E-state index is 12.1. The fourth-order valence-electron chi connectivity index (χ4n) is 1.85. The highest BCUT2D eigenvalue weighted by Gasteiger charge is 2.21. The predicted molar refractivity (Wildman–Crippen MR) is 91.5 cm³/mol. The Morgan fingerprint density at radius 2 is 1.91 bits per heavy atom. The number of carbonyl (C=O) groups excluding carboxylic acids is 1. The molecule has 0 aliphatic carbocycles. The Bertz CT molecular complexity index is 793. The van der Waals surface area contributed by atoms with Crippen LogP contribution in [0.2, 0.25) is 10.0 Å². The summed E-state index contributed by atoms with van der Waals surface area (Å²) in [6.07, 6.45) is 4.02. The van der Waals surface area contributed by atoms with Gasteiger partial charge in [0.2, 0.25) is 15.9 Å². The predicted octanol–water partition coefficient (Wildman–Crippen LogP) is 2.79. The molecule has 23 heavy (non-hydrogen) atoms. The number of aromatic nitrogens is 1. The van der Waals surface area contributed by atoms with E-state index < -0.39 is 22.5 Å². The van der Waals surface area contributed by atoms with Gasteiger partial charge in [-0.15, -0.1) is 0 Å². The standard InChI is InChI=1S/C14H13Cl2N3O3S/c1-23(21,22)19(13-6-10(15)5-11(16)7-13)9-14(20)18-12-3-2-4-17-8-12/h2-8H,9H2,1H3,(H,18,20). The number of sulfonamides is 1. The van der Waals surface area contributed by atoms with E-state index in [0.29, 0.717) is 5.69 Å². The van der Waals surface area contributed by atoms with E-state index in [2.05, 4.69) is 10.3 Å². The Kier molecular flexibility index (Phi) is 5.46. The molecule has 2 aromatic rings. The van der Waals surface area contributed by atoms with Gasteiger partial charge < -0.3 is 5.32 Å². The molecular formula is C14H13Cl2N3O3S.